The molecule has 2 aromatic heterocycles. The van der Waals surface area contributed by atoms with Crippen molar-refractivity contribution in [3.8, 4) is 5.13 Å². The predicted octanol–water partition coefficient (Wildman–Crippen LogP) is 2.09. The molecule has 0 spiro atoms. The number of hydrogen-bond acceptors (Lipinski definition) is 3. The fourth-order valence-corrected chi connectivity index (χ4v) is 1.71. The number of hydrogen-bond donors (Lipinski definition) is 0. The molecule has 56 valence electrons. The Hall–Kier alpha value is -0.680. The van der Waals surface area contributed by atoms with E-state index in [4.69, 9.17) is 4.11 Å². The molecule has 0 N–H and O–H groups in total. The third-order valence-electron chi connectivity index (χ3n) is 1.02. The van der Waals surface area contributed by atoms with Gasteiger partial charge in [0.25, 0.3) is 0 Å². The average molecular weight is 233 g/mol. The molecule has 11 heavy (non-hydrogen) atoms. The average Bonchev–Trinajstić information content (AvgIpc) is 2.60. The summed E-state index contributed by atoms with van der Waals surface area (Å²) in [4.78, 5) is 7.55. The lowest BCUT2D eigenvalue weighted by molar-refractivity contribution is 1.03. The third kappa shape index (κ3) is 1.34. The first-order chi connectivity index (χ1) is 6.59. The molecule has 0 saturated heterocycles. The van der Waals surface area contributed by atoms with E-state index in [9.17, 15) is 0 Å². The SMILES string of the molecule is [2H]c1nc([2H])n(-c2ncc(Br)s2)c1[2H]. The Bertz CT molecular complexity index is 481. The van der Waals surface area contributed by atoms with Crippen LogP contribution in [0.3, 0.4) is 0 Å². The minimum absolute atomic E-state index is 0.114. The van der Waals surface area contributed by atoms with Crippen molar-refractivity contribution >= 4 is 27.3 Å². The summed E-state index contributed by atoms with van der Waals surface area (Å²) in [6, 6.07) is 0. The number of rotatable bonds is 1. The van der Waals surface area contributed by atoms with Crippen LogP contribution in [0.1, 0.15) is 4.11 Å². The fraction of sp³-hybridized carbons (Fsp3) is 0. The quantitative estimate of drug-likeness (QED) is 0.755. The molecule has 0 aliphatic heterocycles. The summed E-state index contributed by atoms with van der Waals surface area (Å²) in [6.07, 6.45) is 1.13. The summed E-state index contributed by atoms with van der Waals surface area (Å²) in [7, 11) is 0. The van der Waals surface area contributed by atoms with Crippen molar-refractivity contribution in [3.63, 3.8) is 0 Å². The summed E-state index contributed by atoms with van der Waals surface area (Å²) in [5.74, 6) is 0. The molecule has 0 saturated carbocycles. The van der Waals surface area contributed by atoms with Gasteiger partial charge in [-0.2, -0.15) is 0 Å². The maximum atomic E-state index is 7.51. The van der Waals surface area contributed by atoms with E-state index in [1.165, 1.54) is 15.9 Å². The van der Waals surface area contributed by atoms with Gasteiger partial charge in [-0.25, -0.2) is 9.97 Å². The van der Waals surface area contributed by atoms with Crippen molar-refractivity contribution < 1.29 is 4.11 Å². The molecular formula is C6H4BrN3S. The van der Waals surface area contributed by atoms with Crippen LogP contribution in [-0.2, 0) is 0 Å². The molecule has 0 unspecified atom stereocenters. The highest BCUT2D eigenvalue weighted by molar-refractivity contribution is 9.11. The fourth-order valence-electron chi connectivity index (χ4n) is 0.615. The van der Waals surface area contributed by atoms with Gasteiger partial charge in [0.2, 0.25) is 0 Å². The number of thiazole rings is 1. The van der Waals surface area contributed by atoms with Crippen LogP contribution in [0, 0.1) is 0 Å². The molecular weight excluding hydrogens is 226 g/mol. The number of imidazole rings is 1. The Morgan fingerprint density at radius 2 is 2.64 bits per heavy atom. The van der Waals surface area contributed by atoms with E-state index in [1.54, 1.807) is 6.20 Å². The largest absolute Gasteiger partial charge is 0.282 e. The molecule has 2 aromatic rings. The minimum Gasteiger partial charge on any atom is -0.282 e. The maximum absolute atomic E-state index is 7.51. The molecule has 0 atom stereocenters. The van der Waals surface area contributed by atoms with Crippen molar-refractivity contribution in [2.45, 2.75) is 0 Å². The molecule has 0 aromatic carbocycles. The van der Waals surface area contributed by atoms with Gasteiger partial charge >= 0.3 is 0 Å². The molecule has 0 aliphatic rings. The van der Waals surface area contributed by atoms with E-state index >= 15 is 0 Å². The van der Waals surface area contributed by atoms with Gasteiger partial charge in [0.15, 0.2) is 5.13 Å². The first-order valence-corrected chi connectivity index (χ1v) is 4.35. The van der Waals surface area contributed by atoms with Crippen LogP contribution in [0.2, 0.25) is 0 Å². The summed E-state index contributed by atoms with van der Waals surface area (Å²) >= 11 is 4.53. The van der Waals surface area contributed by atoms with Crippen molar-refractivity contribution in [1.82, 2.24) is 14.5 Å². The second-order valence-electron chi connectivity index (χ2n) is 1.72. The van der Waals surface area contributed by atoms with Gasteiger partial charge < -0.3 is 0 Å². The zero-order chi connectivity index (χ0) is 10.3. The molecule has 0 radical (unpaired) electrons. The van der Waals surface area contributed by atoms with Gasteiger partial charge in [0.1, 0.15) is 7.67 Å². The second-order valence-corrected chi connectivity index (χ2v) is 4.11. The standard InChI is InChI=1S/C6H4BrN3S/c7-5-3-9-6(11-5)10-2-1-8-4-10/h1-4H/i1D,2D,4D. The lowest BCUT2D eigenvalue weighted by Crippen LogP contribution is -1.85. The Morgan fingerprint density at radius 1 is 1.73 bits per heavy atom. The van der Waals surface area contributed by atoms with E-state index in [2.05, 4.69) is 25.9 Å². The van der Waals surface area contributed by atoms with E-state index in [-0.39, 0.29) is 18.6 Å². The summed E-state index contributed by atoms with van der Waals surface area (Å²) in [6.45, 7) is 0. The van der Waals surface area contributed by atoms with Crippen LogP contribution in [0.15, 0.2) is 28.6 Å². The van der Waals surface area contributed by atoms with Crippen molar-refractivity contribution in [1.29, 1.82) is 0 Å². The van der Waals surface area contributed by atoms with Crippen LogP contribution in [0.5, 0.6) is 0 Å². The Kier molecular flexibility index (Phi) is 1.09. The van der Waals surface area contributed by atoms with Crippen molar-refractivity contribution in [3.05, 3.63) is 28.6 Å². The molecule has 0 bridgehead atoms. The van der Waals surface area contributed by atoms with Gasteiger partial charge in [-0.3, -0.25) is 4.57 Å². The van der Waals surface area contributed by atoms with Gasteiger partial charge in [-0.15, -0.1) is 0 Å². The highest BCUT2D eigenvalue weighted by Crippen LogP contribution is 2.21. The molecule has 2 rings (SSSR count). The van der Waals surface area contributed by atoms with Crippen LogP contribution >= 0.6 is 27.3 Å². The van der Waals surface area contributed by atoms with Crippen molar-refractivity contribution in [2.75, 3.05) is 0 Å². The van der Waals surface area contributed by atoms with Crippen molar-refractivity contribution in [2.24, 2.45) is 0 Å². The van der Waals surface area contributed by atoms with Crippen LogP contribution in [0.4, 0.5) is 0 Å². The minimum atomic E-state index is -0.207. The first kappa shape index (κ1) is 4.37. The molecule has 2 heterocycles. The molecule has 5 heteroatoms. The topological polar surface area (TPSA) is 30.7 Å². The van der Waals surface area contributed by atoms with Crippen LogP contribution < -0.4 is 0 Å². The first-order valence-electron chi connectivity index (χ1n) is 4.24. The predicted molar refractivity (Wildman–Crippen MR) is 46.9 cm³/mol. The molecule has 0 aliphatic carbocycles. The molecule has 3 nitrogen and oxygen atoms in total. The lowest BCUT2D eigenvalue weighted by Gasteiger charge is -1.90. The van der Waals surface area contributed by atoms with E-state index < -0.39 is 0 Å². The number of aromatic nitrogens is 3. The summed E-state index contributed by atoms with van der Waals surface area (Å²) < 4.78 is 24.2. The summed E-state index contributed by atoms with van der Waals surface area (Å²) in [5, 5.41) is 0.470. The highest BCUT2D eigenvalue weighted by Gasteiger charge is 1.99. The Labute approximate surface area is 80.1 Å². The van der Waals surface area contributed by atoms with E-state index in [0.717, 1.165) is 3.79 Å². The van der Waals surface area contributed by atoms with E-state index in [1.807, 2.05) is 0 Å². The Morgan fingerprint density at radius 3 is 3.18 bits per heavy atom. The zero-order valence-electron chi connectivity index (χ0n) is 8.21. The highest BCUT2D eigenvalue weighted by atomic mass is 79.9. The van der Waals surface area contributed by atoms with Crippen LogP contribution in [0.25, 0.3) is 5.13 Å². The van der Waals surface area contributed by atoms with Gasteiger partial charge in [0, 0.05) is 12.3 Å². The summed E-state index contributed by atoms with van der Waals surface area (Å²) in [5.41, 5.74) is 0. The van der Waals surface area contributed by atoms with E-state index in [0.29, 0.717) is 5.13 Å². The smallest absolute Gasteiger partial charge is 0.195 e. The van der Waals surface area contributed by atoms with Gasteiger partial charge in [-0.1, -0.05) is 11.3 Å². The number of halogens is 1. The molecule has 0 amide bonds. The third-order valence-corrected chi connectivity index (χ3v) is 2.49. The zero-order valence-corrected chi connectivity index (χ0v) is 7.61. The molecule has 0 fully saturated rings. The van der Waals surface area contributed by atoms with Crippen LogP contribution in [-0.4, -0.2) is 14.5 Å². The monoisotopic (exact) mass is 232 g/mol. The van der Waals surface area contributed by atoms with Gasteiger partial charge in [0.05, 0.1) is 12.7 Å². The second kappa shape index (κ2) is 2.75. The van der Waals surface area contributed by atoms with Gasteiger partial charge in [-0.05, 0) is 15.9 Å². The lowest BCUT2D eigenvalue weighted by atomic mass is 10.9. The Balaban J connectivity index is 2.61. The number of nitrogens with zero attached hydrogens (tertiary/aromatic N) is 3. The maximum Gasteiger partial charge on any atom is 0.195 e. The normalized spacial score (nSPS) is 14.1.